The Balaban J connectivity index is 2.09. The summed E-state index contributed by atoms with van der Waals surface area (Å²) >= 11 is 3.33. The number of benzene rings is 1. The Morgan fingerprint density at radius 2 is 2.16 bits per heavy atom. The van der Waals surface area contributed by atoms with Gasteiger partial charge in [-0.1, -0.05) is 19.4 Å². The summed E-state index contributed by atoms with van der Waals surface area (Å²) in [5, 5.41) is 0. The molecule has 0 aromatic heterocycles. The van der Waals surface area contributed by atoms with Gasteiger partial charge < -0.3 is 10.5 Å². The number of halogens is 1. The summed E-state index contributed by atoms with van der Waals surface area (Å²) in [6.07, 6.45) is 5.62. The first-order valence-electron chi connectivity index (χ1n) is 6.88. The number of anilines is 1. The normalized spacial score (nSPS) is 23.1. The zero-order chi connectivity index (χ0) is 13.8. The second-order valence-corrected chi connectivity index (χ2v) is 5.95. The van der Waals surface area contributed by atoms with Gasteiger partial charge in [0.15, 0.2) is 0 Å². The summed E-state index contributed by atoms with van der Waals surface area (Å²) < 4.78 is 6.41. The molecule has 1 aliphatic rings. The highest BCUT2D eigenvalue weighted by Crippen LogP contribution is 2.31. The maximum absolute atomic E-state index is 12.2. The number of carbonyl (C=O) groups is 1. The summed E-state index contributed by atoms with van der Waals surface area (Å²) in [6, 6.07) is 5.34. The van der Waals surface area contributed by atoms with Gasteiger partial charge in [-0.2, -0.15) is 0 Å². The molecule has 0 radical (unpaired) electrons. The highest BCUT2D eigenvalue weighted by molar-refractivity contribution is 9.10. The average molecular weight is 326 g/mol. The van der Waals surface area contributed by atoms with Gasteiger partial charge in [-0.3, -0.25) is 0 Å². The third-order valence-electron chi connectivity index (χ3n) is 3.89. The van der Waals surface area contributed by atoms with Crippen LogP contribution < -0.4 is 5.73 Å². The number of hydrogen-bond acceptors (Lipinski definition) is 3. The van der Waals surface area contributed by atoms with Crippen molar-refractivity contribution in [1.82, 2.24) is 0 Å². The molecular formula is C15H20BrNO2. The molecule has 2 N–H and O–H groups in total. The summed E-state index contributed by atoms with van der Waals surface area (Å²) in [4.78, 5) is 12.2. The van der Waals surface area contributed by atoms with Gasteiger partial charge in [0.1, 0.15) is 6.10 Å². The molecule has 0 saturated heterocycles. The minimum atomic E-state index is -0.302. The fraction of sp³-hybridized carbons (Fsp3) is 0.533. The molecule has 4 heteroatoms. The number of rotatable bonds is 3. The number of nitrogens with two attached hydrogens (primary N) is 1. The lowest BCUT2D eigenvalue weighted by Crippen LogP contribution is -2.30. The molecule has 1 aromatic carbocycles. The van der Waals surface area contributed by atoms with Crippen molar-refractivity contribution < 1.29 is 9.53 Å². The molecular weight excluding hydrogens is 306 g/mol. The third kappa shape index (κ3) is 3.30. The first kappa shape index (κ1) is 14.4. The Kier molecular flexibility index (Phi) is 4.86. The van der Waals surface area contributed by atoms with Crippen molar-refractivity contribution in [3.63, 3.8) is 0 Å². The summed E-state index contributed by atoms with van der Waals surface area (Å²) in [5.41, 5.74) is 6.82. The van der Waals surface area contributed by atoms with E-state index in [0.717, 1.165) is 30.2 Å². The minimum absolute atomic E-state index is 0.0460. The van der Waals surface area contributed by atoms with Crippen LogP contribution in [0.2, 0.25) is 0 Å². The van der Waals surface area contributed by atoms with Crippen molar-refractivity contribution in [2.75, 3.05) is 5.73 Å². The van der Waals surface area contributed by atoms with Gasteiger partial charge in [0.05, 0.1) is 11.3 Å². The fourth-order valence-corrected chi connectivity index (χ4v) is 3.08. The van der Waals surface area contributed by atoms with Crippen LogP contribution in [0.15, 0.2) is 22.7 Å². The summed E-state index contributed by atoms with van der Waals surface area (Å²) in [6.45, 7) is 2.16. The van der Waals surface area contributed by atoms with Crippen LogP contribution in [0.3, 0.4) is 0 Å². The Morgan fingerprint density at radius 1 is 1.42 bits per heavy atom. The topological polar surface area (TPSA) is 52.3 Å². The van der Waals surface area contributed by atoms with Crippen molar-refractivity contribution in [3.8, 4) is 0 Å². The predicted octanol–water partition coefficient (Wildman–Crippen LogP) is 4.16. The number of hydrogen-bond donors (Lipinski definition) is 1. The number of esters is 1. The van der Waals surface area contributed by atoms with E-state index in [-0.39, 0.29) is 12.1 Å². The van der Waals surface area contributed by atoms with Gasteiger partial charge in [-0.25, -0.2) is 4.79 Å². The summed E-state index contributed by atoms with van der Waals surface area (Å²) in [5.74, 6) is 0.190. The average Bonchev–Trinajstić information content (AvgIpc) is 2.42. The standard InChI is InChI=1S/C15H20BrNO2/c1-2-10-6-3-4-9-13(10)19-15(18)11-7-5-8-12(16)14(11)17/h5,7-8,10,13H,2-4,6,9,17H2,1H3. The molecule has 2 unspecified atom stereocenters. The highest BCUT2D eigenvalue weighted by atomic mass is 79.9. The van der Waals surface area contributed by atoms with Gasteiger partial charge in [0, 0.05) is 4.47 Å². The van der Waals surface area contributed by atoms with E-state index in [4.69, 9.17) is 10.5 Å². The molecule has 104 valence electrons. The number of ether oxygens (including phenoxy) is 1. The fourth-order valence-electron chi connectivity index (χ4n) is 2.71. The molecule has 1 fully saturated rings. The van der Waals surface area contributed by atoms with E-state index in [1.54, 1.807) is 12.1 Å². The molecule has 1 aromatic rings. The number of nitrogen functional groups attached to an aromatic ring is 1. The maximum Gasteiger partial charge on any atom is 0.340 e. The van der Waals surface area contributed by atoms with Gasteiger partial charge >= 0.3 is 5.97 Å². The first-order valence-corrected chi connectivity index (χ1v) is 7.67. The monoisotopic (exact) mass is 325 g/mol. The van der Waals surface area contributed by atoms with E-state index in [0.29, 0.717) is 17.2 Å². The molecule has 0 bridgehead atoms. The van der Waals surface area contributed by atoms with Gasteiger partial charge in [0.2, 0.25) is 0 Å². The highest BCUT2D eigenvalue weighted by Gasteiger charge is 2.28. The number of carbonyl (C=O) groups excluding carboxylic acids is 1. The van der Waals surface area contributed by atoms with Crippen LogP contribution in [0.4, 0.5) is 5.69 Å². The van der Waals surface area contributed by atoms with Crippen LogP contribution in [-0.4, -0.2) is 12.1 Å². The van der Waals surface area contributed by atoms with Crippen LogP contribution in [0.25, 0.3) is 0 Å². The Labute approximate surface area is 122 Å². The van der Waals surface area contributed by atoms with E-state index >= 15 is 0 Å². The lowest BCUT2D eigenvalue weighted by molar-refractivity contribution is 0.000816. The Morgan fingerprint density at radius 3 is 2.89 bits per heavy atom. The zero-order valence-electron chi connectivity index (χ0n) is 11.2. The minimum Gasteiger partial charge on any atom is -0.458 e. The van der Waals surface area contributed by atoms with Crippen LogP contribution in [0.5, 0.6) is 0 Å². The molecule has 1 aliphatic carbocycles. The van der Waals surface area contributed by atoms with E-state index in [1.807, 2.05) is 6.07 Å². The molecule has 19 heavy (non-hydrogen) atoms. The Hall–Kier alpha value is -1.03. The van der Waals surface area contributed by atoms with Crippen molar-refractivity contribution in [2.24, 2.45) is 5.92 Å². The molecule has 2 atom stereocenters. The van der Waals surface area contributed by atoms with Crippen molar-refractivity contribution in [1.29, 1.82) is 0 Å². The van der Waals surface area contributed by atoms with Crippen molar-refractivity contribution in [2.45, 2.75) is 45.1 Å². The maximum atomic E-state index is 12.2. The first-order chi connectivity index (χ1) is 9.13. The third-order valence-corrected chi connectivity index (χ3v) is 4.59. The lowest BCUT2D eigenvalue weighted by Gasteiger charge is -2.30. The summed E-state index contributed by atoms with van der Waals surface area (Å²) in [7, 11) is 0. The predicted molar refractivity (Wildman–Crippen MR) is 80.0 cm³/mol. The van der Waals surface area contributed by atoms with E-state index in [2.05, 4.69) is 22.9 Å². The van der Waals surface area contributed by atoms with Gasteiger partial charge in [0.25, 0.3) is 0 Å². The van der Waals surface area contributed by atoms with E-state index < -0.39 is 0 Å². The molecule has 0 aliphatic heterocycles. The number of para-hydroxylation sites is 1. The molecule has 0 spiro atoms. The zero-order valence-corrected chi connectivity index (χ0v) is 12.8. The molecule has 2 rings (SSSR count). The van der Waals surface area contributed by atoms with Crippen LogP contribution >= 0.6 is 15.9 Å². The van der Waals surface area contributed by atoms with Crippen LogP contribution in [0.1, 0.15) is 49.4 Å². The van der Waals surface area contributed by atoms with Crippen molar-refractivity contribution >= 4 is 27.6 Å². The second-order valence-electron chi connectivity index (χ2n) is 5.10. The van der Waals surface area contributed by atoms with E-state index in [1.165, 1.54) is 6.42 Å². The molecule has 3 nitrogen and oxygen atoms in total. The van der Waals surface area contributed by atoms with Crippen LogP contribution in [0, 0.1) is 5.92 Å². The molecule has 0 amide bonds. The Bertz CT molecular complexity index is 461. The van der Waals surface area contributed by atoms with E-state index in [9.17, 15) is 4.79 Å². The second kappa shape index (κ2) is 6.42. The largest absolute Gasteiger partial charge is 0.458 e. The van der Waals surface area contributed by atoms with Crippen molar-refractivity contribution in [3.05, 3.63) is 28.2 Å². The van der Waals surface area contributed by atoms with Gasteiger partial charge in [-0.15, -0.1) is 0 Å². The quantitative estimate of drug-likeness (QED) is 0.670. The van der Waals surface area contributed by atoms with Gasteiger partial charge in [-0.05, 0) is 59.7 Å². The molecule has 1 saturated carbocycles. The lowest BCUT2D eigenvalue weighted by atomic mass is 9.85. The SMILES string of the molecule is CCC1CCCCC1OC(=O)c1cccc(Br)c1N. The smallest absolute Gasteiger partial charge is 0.340 e. The molecule has 0 heterocycles. The van der Waals surface area contributed by atoms with Crippen LogP contribution in [-0.2, 0) is 4.74 Å².